The molecule has 0 saturated carbocycles. The highest BCUT2D eigenvalue weighted by atomic mass is 16.3. The summed E-state index contributed by atoms with van der Waals surface area (Å²) in [5.41, 5.74) is 5.73. The zero-order valence-electron chi connectivity index (χ0n) is 19.9. The third-order valence-electron chi connectivity index (χ3n) is 7.95. The van der Waals surface area contributed by atoms with Gasteiger partial charge in [0.2, 0.25) is 0 Å². The number of hydrogen-bond donors (Lipinski definition) is 1. The van der Waals surface area contributed by atoms with Gasteiger partial charge < -0.3 is 19.0 Å². The van der Waals surface area contributed by atoms with Crippen LogP contribution in [0.5, 0.6) is 0 Å². The van der Waals surface area contributed by atoms with Crippen LogP contribution in [0.4, 0.5) is 0 Å². The Morgan fingerprint density at radius 3 is 2.76 bits per heavy atom. The molecule has 3 aliphatic rings. The second-order valence-corrected chi connectivity index (χ2v) is 10.2. The third kappa shape index (κ3) is 3.85. The molecule has 7 nitrogen and oxygen atoms in total. The number of benzene rings is 1. The first-order chi connectivity index (χ1) is 16.6. The van der Waals surface area contributed by atoms with E-state index in [0.717, 1.165) is 32.6 Å². The van der Waals surface area contributed by atoms with Gasteiger partial charge in [-0.2, -0.15) is 0 Å². The fourth-order valence-electron chi connectivity index (χ4n) is 6.33. The molecule has 1 amide bonds. The summed E-state index contributed by atoms with van der Waals surface area (Å²) < 4.78 is 7.80. The molecule has 2 atom stereocenters. The smallest absolute Gasteiger partial charge is 0.289 e. The van der Waals surface area contributed by atoms with Gasteiger partial charge in [0.15, 0.2) is 5.76 Å². The Bertz CT molecular complexity index is 1180. The van der Waals surface area contributed by atoms with E-state index in [4.69, 9.17) is 4.42 Å². The van der Waals surface area contributed by atoms with Crippen molar-refractivity contribution in [3.05, 3.63) is 59.2 Å². The SMILES string of the molecule is Cc1ccc2c(c1)c1c3n2CCN(C[C@H](O)CN2CCN(C(=O)c4ccco4)CC2)[C@H]3CCC1. The molecule has 2 aliphatic heterocycles. The number of hydrogen-bond acceptors (Lipinski definition) is 5. The number of carbonyl (C=O) groups is 1. The lowest BCUT2D eigenvalue weighted by Gasteiger charge is -2.41. The molecule has 7 heteroatoms. The van der Waals surface area contributed by atoms with E-state index in [9.17, 15) is 9.90 Å². The van der Waals surface area contributed by atoms with Gasteiger partial charge in [-0.25, -0.2) is 0 Å². The normalized spacial score (nSPS) is 22.2. The largest absolute Gasteiger partial charge is 0.459 e. The molecule has 34 heavy (non-hydrogen) atoms. The predicted molar refractivity (Wildman–Crippen MR) is 131 cm³/mol. The van der Waals surface area contributed by atoms with E-state index in [1.54, 1.807) is 12.1 Å². The maximum atomic E-state index is 12.5. The van der Waals surface area contributed by atoms with Crippen molar-refractivity contribution in [3.63, 3.8) is 0 Å². The summed E-state index contributed by atoms with van der Waals surface area (Å²) in [6.07, 6.45) is 4.69. The van der Waals surface area contributed by atoms with E-state index in [1.807, 2.05) is 4.90 Å². The van der Waals surface area contributed by atoms with Crippen LogP contribution in [-0.4, -0.2) is 82.2 Å². The van der Waals surface area contributed by atoms with Crippen molar-refractivity contribution in [3.8, 4) is 0 Å². The van der Waals surface area contributed by atoms with Crippen molar-refractivity contribution >= 4 is 16.8 Å². The summed E-state index contributed by atoms with van der Waals surface area (Å²) in [4.78, 5) is 19.1. The number of aryl methyl sites for hydroxylation is 2. The van der Waals surface area contributed by atoms with Gasteiger partial charge in [0.25, 0.3) is 5.91 Å². The Balaban J connectivity index is 1.09. The van der Waals surface area contributed by atoms with Crippen LogP contribution >= 0.6 is 0 Å². The van der Waals surface area contributed by atoms with E-state index in [-0.39, 0.29) is 5.91 Å². The minimum Gasteiger partial charge on any atom is -0.459 e. The molecule has 2 aromatic heterocycles. The molecule has 180 valence electrons. The number of carbonyl (C=O) groups excluding carboxylic acids is 1. The zero-order valence-corrected chi connectivity index (χ0v) is 19.9. The first-order valence-corrected chi connectivity index (χ1v) is 12.7. The van der Waals surface area contributed by atoms with E-state index >= 15 is 0 Å². The number of nitrogens with zero attached hydrogens (tertiary/aromatic N) is 4. The Hall–Kier alpha value is -2.61. The maximum absolute atomic E-state index is 12.5. The van der Waals surface area contributed by atoms with E-state index < -0.39 is 6.10 Å². The Morgan fingerprint density at radius 1 is 1.12 bits per heavy atom. The lowest BCUT2D eigenvalue weighted by atomic mass is 9.89. The molecular formula is C27H34N4O3. The lowest BCUT2D eigenvalue weighted by molar-refractivity contribution is 0.0271. The van der Waals surface area contributed by atoms with Gasteiger partial charge >= 0.3 is 0 Å². The van der Waals surface area contributed by atoms with Crippen LogP contribution in [0.3, 0.4) is 0 Å². The third-order valence-corrected chi connectivity index (χ3v) is 7.95. The van der Waals surface area contributed by atoms with Crippen molar-refractivity contribution in [1.29, 1.82) is 0 Å². The lowest BCUT2D eigenvalue weighted by Crippen LogP contribution is -2.52. The van der Waals surface area contributed by atoms with Crippen LogP contribution in [0.15, 0.2) is 41.0 Å². The summed E-state index contributed by atoms with van der Waals surface area (Å²) >= 11 is 0. The standard InChI is InChI=1S/C27H34N4O3/c1-19-7-8-23-22(16-19)21-4-2-5-24-26(21)31(23)14-13-30(24)18-20(32)17-28-9-11-29(12-10-28)27(33)25-6-3-15-34-25/h3,6-8,15-16,20,24,32H,2,4-5,9-14,17-18H2,1H3/t20-,24+/m1/s1. The molecule has 1 saturated heterocycles. The summed E-state index contributed by atoms with van der Waals surface area (Å²) in [5, 5.41) is 12.5. The highest BCUT2D eigenvalue weighted by molar-refractivity contribution is 5.91. The van der Waals surface area contributed by atoms with Crippen LogP contribution in [0.25, 0.3) is 10.9 Å². The Labute approximate surface area is 200 Å². The summed E-state index contributed by atoms with van der Waals surface area (Å²) in [6, 6.07) is 10.7. The van der Waals surface area contributed by atoms with E-state index in [2.05, 4.69) is 39.5 Å². The van der Waals surface area contributed by atoms with Crippen molar-refractivity contribution in [2.45, 2.75) is 44.9 Å². The van der Waals surface area contributed by atoms with Gasteiger partial charge in [0, 0.05) is 69.0 Å². The van der Waals surface area contributed by atoms with Crippen LogP contribution in [0, 0.1) is 6.92 Å². The quantitative estimate of drug-likeness (QED) is 0.631. The van der Waals surface area contributed by atoms with E-state index in [1.165, 1.54) is 46.8 Å². The van der Waals surface area contributed by atoms with Crippen molar-refractivity contribution < 1.29 is 14.3 Å². The summed E-state index contributed by atoms with van der Waals surface area (Å²) in [5.74, 6) is 0.357. The Morgan fingerprint density at radius 2 is 1.97 bits per heavy atom. The molecule has 0 bridgehead atoms. The molecule has 1 aromatic carbocycles. The second-order valence-electron chi connectivity index (χ2n) is 10.2. The molecule has 6 rings (SSSR count). The van der Waals surface area contributed by atoms with Crippen LogP contribution in [-0.2, 0) is 13.0 Å². The molecule has 1 aliphatic carbocycles. The number of β-amino-alcohol motifs (C(OH)–C–C–N with tert-alkyl or cyclic N) is 1. The van der Waals surface area contributed by atoms with E-state index in [0.29, 0.717) is 38.0 Å². The zero-order chi connectivity index (χ0) is 23.2. The number of aliphatic hydroxyl groups excluding tert-OH is 1. The number of piperazine rings is 1. The second kappa shape index (κ2) is 8.87. The molecule has 0 radical (unpaired) electrons. The monoisotopic (exact) mass is 462 g/mol. The molecule has 4 heterocycles. The van der Waals surface area contributed by atoms with Crippen molar-refractivity contribution in [2.24, 2.45) is 0 Å². The molecule has 1 N–H and O–H groups in total. The highest BCUT2D eigenvalue weighted by Crippen LogP contribution is 2.42. The topological polar surface area (TPSA) is 65.1 Å². The summed E-state index contributed by atoms with van der Waals surface area (Å²) in [6.45, 7) is 8.41. The minimum absolute atomic E-state index is 0.0443. The highest BCUT2D eigenvalue weighted by Gasteiger charge is 2.35. The average molecular weight is 463 g/mol. The predicted octanol–water partition coefficient (Wildman–Crippen LogP) is 3.05. The van der Waals surface area contributed by atoms with Gasteiger partial charge in [-0.1, -0.05) is 11.6 Å². The minimum atomic E-state index is -0.393. The first-order valence-electron chi connectivity index (χ1n) is 12.7. The van der Waals surface area contributed by atoms with Gasteiger partial charge in [-0.05, 0) is 56.0 Å². The van der Waals surface area contributed by atoms with Gasteiger partial charge in [-0.3, -0.25) is 14.6 Å². The molecule has 1 fully saturated rings. The molecule has 0 unspecified atom stereocenters. The fourth-order valence-corrected chi connectivity index (χ4v) is 6.33. The number of amides is 1. The van der Waals surface area contributed by atoms with Gasteiger partial charge in [-0.15, -0.1) is 0 Å². The first kappa shape index (κ1) is 21.9. The maximum Gasteiger partial charge on any atom is 0.289 e. The number of aromatic nitrogens is 1. The number of aliphatic hydroxyl groups is 1. The number of furan rings is 1. The number of rotatable bonds is 5. The number of fused-ring (bicyclic) bond motifs is 3. The van der Waals surface area contributed by atoms with Crippen LogP contribution in [0.1, 0.15) is 46.3 Å². The fraction of sp³-hybridized carbons (Fsp3) is 0.519. The molecule has 3 aromatic rings. The molecular weight excluding hydrogens is 428 g/mol. The van der Waals surface area contributed by atoms with Crippen LogP contribution in [0.2, 0.25) is 0 Å². The van der Waals surface area contributed by atoms with Crippen molar-refractivity contribution in [2.75, 3.05) is 45.8 Å². The van der Waals surface area contributed by atoms with Gasteiger partial charge in [0.1, 0.15) is 0 Å². The van der Waals surface area contributed by atoms with Crippen LogP contribution < -0.4 is 0 Å². The summed E-state index contributed by atoms with van der Waals surface area (Å²) in [7, 11) is 0. The average Bonchev–Trinajstić information content (AvgIpc) is 3.49. The van der Waals surface area contributed by atoms with Crippen molar-refractivity contribution in [1.82, 2.24) is 19.3 Å². The Kier molecular flexibility index (Phi) is 5.71. The van der Waals surface area contributed by atoms with Gasteiger partial charge in [0.05, 0.1) is 18.4 Å². The molecule has 0 spiro atoms.